The molecular weight excluding hydrogens is 514 g/mol. The molecule has 2 N–H and O–H groups in total. The van der Waals surface area contributed by atoms with E-state index in [4.69, 9.17) is 0 Å². The third-order valence-electron chi connectivity index (χ3n) is 5.71. The summed E-state index contributed by atoms with van der Waals surface area (Å²) in [6.45, 7) is 0. The Morgan fingerprint density at radius 2 is 1.66 bits per heavy atom. The van der Waals surface area contributed by atoms with E-state index < -0.39 is 48.1 Å². The van der Waals surface area contributed by atoms with Crippen LogP contribution in [0.25, 0.3) is 10.8 Å². The number of aromatic nitrogens is 1. The quantitative estimate of drug-likeness (QED) is 0.210. The fraction of sp³-hybridized carbons (Fsp3) is 0.185. The normalized spacial score (nSPS) is 13.4. The molecule has 1 amide bonds. The van der Waals surface area contributed by atoms with Gasteiger partial charge in [0.15, 0.2) is 0 Å². The zero-order valence-corrected chi connectivity index (χ0v) is 19.4. The van der Waals surface area contributed by atoms with Crippen molar-refractivity contribution in [3.8, 4) is 5.75 Å². The van der Waals surface area contributed by atoms with Gasteiger partial charge in [0.2, 0.25) is 5.95 Å². The Kier molecular flexibility index (Phi) is 7.86. The molecule has 0 fully saturated rings. The minimum Gasteiger partial charge on any atom is -0.428 e. The number of hydrogen-bond donors (Lipinski definition) is 2. The summed E-state index contributed by atoms with van der Waals surface area (Å²) in [5.41, 5.74) is 0.174. The molecule has 0 aliphatic heterocycles. The van der Waals surface area contributed by atoms with Crippen molar-refractivity contribution in [1.82, 2.24) is 10.3 Å². The lowest BCUT2D eigenvalue weighted by Gasteiger charge is -2.25. The molecular formula is C27H20F6N2O3. The lowest BCUT2D eigenvalue weighted by atomic mass is 9.97. The first-order valence-electron chi connectivity index (χ1n) is 11.3. The molecule has 4 aromatic rings. The number of carbonyl (C=O) groups is 1. The first kappa shape index (κ1) is 26.9. The van der Waals surface area contributed by atoms with Crippen molar-refractivity contribution in [2.45, 2.75) is 31.1 Å². The minimum absolute atomic E-state index is 0.0834. The number of nitrogens with one attached hydrogen (secondary N) is 1. The molecule has 0 aliphatic rings. The summed E-state index contributed by atoms with van der Waals surface area (Å²) in [5.74, 6) is -2.71. The van der Waals surface area contributed by atoms with E-state index in [9.17, 15) is 36.2 Å². The van der Waals surface area contributed by atoms with E-state index >= 15 is 0 Å². The highest BCUT2D eigenvalue weighted by molar-refractivity contribution is 6.07. The van der Waals surface area contributed by atoms with Crippen LogP contribution in [0.1, 0.15) is 27.7 Å². The summed E-state index contributed by atoms with van der Waals surface area (Å²) in [5, 5.41) is 14.1. The molecule has 2 atom stereocenters. The maximum atomic E-state index is 14.2. The molecule has 0 bridgehead atoms. The van der Waals surface area contributed by atoms with Gasteiger partial charge in [0, 0.05) is 10.9 Å². The van der Waals surface area contributed by atoms with E-state index in [-0.39, 0.29) is 28.6 Å². The molecule has 0 spiro atoms. The standard InChI is InChI=1S/C27H20F6N2O3/c28-20-12-11-19(17-7-1-2-8-18(17)20)25(37)35-22(24(36)21-9-4-10-23(29)34-21)14-15-5-3-6-16(13-15)38-27(32,33)26(30)31/h1-13,22,24,26,36H,14H2,(H,35,37). The van der Waals surface area contributed by atoms with Gasteiger partial charge in [-0.1, -0.05) is 42.5 Å². The van der Waals surface area contributed by atoms with Crippen LogP contribution in [0, 0.1) is 11.8 Å². The number of nitrogens with zero attached hydrogens (tertiary/aromatic N) is 1. The minimum atomic E-state index is -4.74. The first-order valence-corrected chi connectivity index (χ1v) is 11.3. The van der Waals surface area contributed by atoms with E-state index in [1.165, 1.54) is 42.5 Å². The second-order valence-electron chi connectivity index (χ2n) is 8.37. The summed E-state index contributed by atoms with van der Waals surface area (Å²) >= 11 is 0. The van der Waals surface area contributed by atoms with Crippen molar-refractivity contribution in [2.24, 2.45) is 0 Å². The number of pyridine rings is 1. The molecule has 1 aromatic heterocycles. The zero-order valence-electron chi connectivity index (χ0n) is 19.4. The lowest BCUT2D eigenvalue weighted by molar-refractivity contribution is -0.253. The van der Waals surface area contributed by atoms with Gasteiger partial charge in [0.1, 0.15) is 17.7 Å². The molecule has 3 aromatic carbocycles. The number of amides is 1. The Morgan fingerprint density at radius 3 is 2.37 bits per heavy atom. The van der Waals surface area contributed by atoms with Crippen LogP contribution in [0.2, 0.25) is 0 Å². The van der Waals surface area contributed by atoms with E-state index in [2.05, 4.69) is 15.0 Å². The van der Waals surface area contributed by atoms with Crippen molar-refractivity contribution in [2.75, 3.05) is 0 Å². The fourth-order valence-corrected chi connectivity index (χ4v) is 3.93. The molecule has 0 saturated heterocycles. The molecule has 38 heavy (non-hydrogen) atoms. The second kappa shape index (κ2) is 11.1. The third kappa shape index (κ3) is 6.05. The number of benzene rings is 3. The SMILES string of the molecule is O=C(NC(Cc1cccc(OC(F)(F)C(F)F)c1)C(O)c1cccc(F)n1)c1ccc(F)c2ccccc12. The van der Waals surface area contributed by atoms with Crippen LogP contribution in [0.4, 0.5) is 26.3 Å². The summed E-state index contributed by atoms with van der Waals surface area (Å²) in [4.78, 5) is 16.9. The van der Waals surface area contributed by atoms with Gasteiger partial charge in [0.25, 0.3) is 5.91 Å². The summed E-state index contributed by atoms with van der Waals surface area (Å²) in [6.07, 6.45) is -10.6. The molecule has 4 rings (SSSR count). The van der Waals surface area contributed by atoms with Crippen LogP contribution in [0.15, 0.2) is 78.9 Å². The van der Waals surface area contributed by atoms with Gasteiger partial charge >= 0.3 is 12.5 Å². The van der Waals surface area contributed by atoms with Gasteiger partial charge < -0.3 is 15.2 Å². The van der Waals surface area contributed by atoms with Gasteiger partial charge in [-0.25, -0.2) is 9.37 Å². The van der Waals surface area contributed by atoms with E-state index in [1.54, 1.807) is 12.1 Å². The largest absolute Gasteiger partial charge is 0.461 e. The van der Waals surface area contributed by atoms with Gasteiger partial charge in [0.05, 0.1) is 11.7 Å². The molecule has 0 aliphatic carbocycles. The molecule has 0 radical (unpaired) electrons. The van der Waals surface area contributed by atoms with Crippen LogP contribution >= 0.6 is 0 Å². The van der Waals surface area contributed by atoms with Gasteiger partial charge in [-0.15, -0.1) is 0 Å². The summed E-state index contributed by atoms with van der Waals surface area (Å²) in [7, 11) is 0. The Labute approximate surface area is 212 Å². The van der Waals surface area contributed by atoms with Crippen LogP contribution in [0.5, 0.6) is 5.75 Å². The molecule has 1 heterocycles. The average Bonchev–Trinajstić information content (AvgIpc) is 2.88. The van der Waals surface area contributed by atoms with Gasteiger partial charge in [-0.05, 0) is 53.8 Å². The number of hydrogen-bond acceptors (Lipinski definition) is 4. The first-order chi connectivity index (χ1) is 18.0. The predicted octanol–water partition coefficient (Wildman–Crippen LogP) is 5.82. The van der Waals surface area contributed by atoms with Crippen LogP contribution in [-0.4, -0.2) is 34.6 Å². The number of aliphatic hydroxyl groups is 1. The fourth-order valence-electron chi connectivity index (χ4n) is 3.93. The van der Waals surface area contributed by atoms with Crippen LogP contribution < -0.4 is 10.1 Å². The Balaban J connectivity index is 1.66. The van der Waals surface area contributed by atoms with Crippen LogP contribution in [-0.2, 0) is 6.42 Å². The van der Waals surface area contributed by atoms with E-state index in [0.717, 1.165) is 24.3 Å². The number of carbonyl (C=O) groups excluding carboxylic acids is 1. The van der Waals surface area contributed by atoms with Gasteiger partial charge in [-0.2, -0.15) is 22.0 Å². The highest BCUT2D eigenvalue weighted by Crippen LogP contribution is 2.29. The molecule has 198 valence electrons. The van der Waals surface area contributed by atoms with E-state index in [1.807, 2.05) is 0 Å². The number of aliphatic hydroxyl groups excluding tert-OH is 1. The molecule has 2 unspecified atom stereocenters. The predicted molar refractivity (Wildman–Crippen MR) is 126 cm³/mol. The molecule has 0 saturated carbocycles. The molecule has 11 heteroatoms. The van der Waals surface area contributed by atoms with Crippen molar-refractivity contribution >= 4 is 16.7 Å². The van der Waals surface area contributed by atoms with Crippen molar-refractivity contribution in [3.63, 3.8) is 0 Å². The molecule has 5 nitrogen and oxygen atoms in total. The monoisotopic (exact) mass is 534 g/mol. The van der Waals surface area contributed by atoms with Crippen molar-refractivity contribution < 1.29 is 41.0 Å². The summed E-state index contributed by atoms with van der Waals surface area (Å²) < 4.78 is 84.0. The Bertz CT molecular complexity index is 1450. The maximum absolute atomic E-state index is 14.2. The second-order valence-corrected chi connectivity index (χ2v) is 8.37. The number of alkyl halides is 4. The topological polar surface area (TPSA) is 71.5 Å². The summed E-state index contributed by atoms with van der Waals surface area (Å²) in [6, 6.07) is 15.9. The highest BCUT2D eigenvalue weighted by atomic mass is 19.3. The average molecular weight is 534 g/mol. The highest BCUT2D eigenvalue weighted by Gasteiger charge is 2.44. The maximum Gasteiger partial charge on any atom is 0.461 e. The van der Waals surface area contributed by atoms with Crippen molar-refractivity contribution in [1.29, 1.82) is 0 Å². The van der Waals surface area contributed by atoms with Crippen LogP contribution in [0.3, 0.4) is 0 Å². The third-order valence-corrected chi connectivity index (χ3v) is 5.71. The number of fused-ring (bicyclic) bond motifs is 1. The zero-order chi connectivity index (χ0) is 27.4. The van der Waals surface area contributed by atoms with Gasteiger partial charge in [-0.3, -0.25) is 4.79 Å². The van der Waals surface area contributed by atoms with Crippen molar-refractivity contribution in [3.05, 3.63) is 107 Å². The number of ether oxygens (including phenoxy) is 1. The Morgan fingerprint density at radius 1 is 0.947 bits per heavy atom. The smallest absolute Gasteiger partial charge is 0.428 e. The van der Waals surface area contributed by atoms with E-state index in [0.29, 0.717) is 5.39 Å². The number of halogens is 6. The Hall–Kier alpha value is -4.12. The lowest BCUT2D eigenvalue weighted by Crippen LogP contribution is -2.41. The number of rotatable bonds is 9.